The molecule has 0 fully saturated rings. The molecule has 3 rings (SSSR count). The lowest BCUT2D eigenvalue weighted by Crippen LogP contribution is -2.38. The lowest BCUT2D eigenvalue weighted by molar-refractivity contribution is -0.384. The van der Waals surface area contributed by atoms with Gasteiger partial charge in [-0.2, -0.15) is 0 Å². The third-order valence-electron chi connectivity index (χ3n) is 4.50. The Morgan fingerprint density at radius 3 is 2.74 bits per heavy atom. The number of ether oxygens (including phenoxy) is 1. The highest BCUT2D eigenvalue weighted by Gasteiger charge is 2.31. The van der Waals surface area contributed by atoms with Gasteiger partial charge in [-0.15, -0.1) is 0 Å². The van der Waals surface area contributed by atoms with Gasteiger partial charge in [0.15, 0.2) is 6.61 Å². The highest BCUT2D eigenvalue weighted by Crippen LogP contribution is 2.32. The zero-order valence-corrected chi connectivity index (χ0v) is 15.0. The number of nitro groups is 1. The van der Waals surface area contributed by atoms with Crippen LogP contribution < -0.4 is 10.2 Å². The fraction of sp³-hybridized carbons (Fsp3) is 0.263. The van der Waals surface area contributed by atoms with Crippen molar-refractivity contribution in [3.63, 3.8) is 0 Å². The van der Waals surface area contributed by atoms with E-state index < -0.39 is 17.5 Å². The molecule has 0 radical (unpaired) electrons. The van der Waals surface area contributed by atoms with E-state index in [1.54, 1.807) is 11.9 Å². The summed E-state index contributed by atoms with van der Waals surface area (Å²) in [6.45, 7) is 1.50. The molecule has 2 aromatic rings. The van der Waals surface area contributed by atoms with Gasteiger partial charge in [-0.3, -0.25) is 14.9 Å². The van der Waals surface area contributed by atoms with Crippen LogP contribution in [0.5, 0.6) is 0 Å². The van der Waals surface area contributed by atoms with E-state index in [0.29, 0.717) is 0 Å². The third kappa shape index (κ3) is 3.59. The van der Waals surface area contributed by atoms with Crippen LogP contribution in [0.1, 0.15) is 22.8 Å². The first-order valence-corrected chi connectivity index (χ1v) is 8.45. The van der Waals surface area contributed by atoms with E-state index >= 15 is 0 Å². The zero-order valence-electron chi connectivity index (χ0n) is 15.0. The van der Waals surface area contributed by atoms with Crippen LogP contribution in [0.3, 0.4) is 0 Å². The first-order chi connectivity index (χ1) is 12.9. The molecule has 1 N–H and O–H groups in total. The maximum absolute atomic E-state index is 12.6. The average Bonchev–Trinajstić information content (AvgIpc) is 3.00. The number of carbonyl (C=O) groups excluding carboxylic acids is 2. The summed E-state index contributed by atoms with van der Waals surface area (Å²) in [5.74, 6) is -1.11. The van der Waals surface area contributed by atoms with Gasteiger partial charge in [0.25, 0.3) is 11.6 Å². The van der Waals surface area contributed by atoms with Crippen LogP contribution in [-0.4, -0.2) is 36.5 Å². The van der Waals surface area contributed by atoms with Gasteiger partial charge < -0.3 is 15.0 Å². The SMILES string of the molecule is CNc1ccc(C(=O)OCC(=O)N2c3ccccc3C[C@@H]2C)cc1[N+](=O)[O-]. The number of esters is 1. The van der Waals surface area contributed by atoms with E-state index in [4.69, 9.17) is 4.74 Å². The Labute approximate surface area is 155 Å². The molecule has 1 heterocycles. The lowest BCUT2D eigenvalue weighted by atomic mass is 10.1. The quantitative estimate of drug-likeness (QED) is 0.494. The first kappa shape index (κ1) is 18.4. The number of fused-ring (bicyclic) bond motifs is 1. The van der Waals surface area contributed by atoms with Gasteiger partial charge in [0.05, 0.1) is 10.5 Å². The Hall–Kier alpha value is -3.42. The van der Waals surface area contributed by atoms with Crippen molar-refractivity contribution < 1.29 is 19.2 Å². The van der Waals surface area contributed by atoms with Crippen molar-refractivity contribution in [2.75, 3.05) is 23.9 Å². The minimum atomic E-state index is -0.783. The number of benzene rings is 2. The number of anilines is 2. The van der Waals surface area contributed by atoms with Gasteiger partial charge in [0.1, 0.15) is 5.69 Å². The number of nitrogens with zero attached hydrogens (tertiary/aromatic N) is 2. The highest BCUT2D eigenvalue weighted by molar-refractivity contribution is 5.99. The molecule has 0 saturated heterocycles. The van der Waals surface area contributed by atoms with E-state index in [1.807, 2.05) is 31.2 Å². The third-order valence-corrected chi connectivity index (χ3v) is 4.50. The number of carbonyl (C=O) groups is 2. The minimum Gasteiger partial charge on any atom is -0.452 e. The monoisotopic (exact) mass is 369 g/mol. The van der Waals surface area contributed by atoms with Gasteiger partial charge in [-0.05, 0) is 37.1 Å². The number of hydrogen-bond donors (Lipinski definition) is 1. The Morgan fingerprint density at radius 2 is 2.04 bits per heavy atom. The maximum atomic E-state index is 12.6. The fourth-order valence-corrected chi connectivity index (χ4v) is 3.25. The van der Waals surface area contributed by atoms with Crippen LogP contribution in [0.15, 0.2) is 42.5 Å². The predicted molar refractivity (Wildman–Crippen MR) is 100 cm³/mol. The molecular weight excluding hydrogens is 350 g/mol. The summed E-state index contributed by atoms with van der Waals surface area (Å²) in [7, 11) is 1.55. The number of hydrogen-bond acceptors (Lipinski definition) is 6. The summed E-state index contributed by atoms with van der Waals surface area (Å²) in [4.78, 5) is 36.9. The molecule has 2 aromatic carbocycles. The molecule has 8 nitrogen and oxygen atoms in total. The van der Waals surface area contributed by atoms with Crippen molar-refractivity contribution in [1.82, 2.24) is 0 Å². The average molecular weight is 369 g/mol. The Kier molecular flexibility index (Phi) is 5.07. The summed E-state index contributed by atoms with van der Waals surface area (Å²) < 4.78 is 5.10. The van der Waals surface area contributed by atoms with Crippen molar-refractivity contribution >= 4 is 28.9 Å². The van der Waals surface area contributed by atoms with Crippen molar-refractivity contribution in [2.45, 2.75) is 19.4 Å². The van der Waals surface area contributed by atoms with Crippen LogP contribution in [0.2, 0.25) is 0 Å². The molecule has 140 valence electrons. The highest BCUT2D eigenvalue weighted by atomic mass is 16.6. The number of nitrogens with one attached hydrogen (secondary N) is 1. The first-order valence-electron chi connectivity index (χ1n) is 8.45. The molecule has 0 bridgehead atoms. The molecule has 8 heteroatoms. The van der Waals surface area contributed by atoms with E-state index in [1.165, 1.54) is 12.1 Å². The second-order valence-electron chi connectivity index (χ2n) is 6.26. The Bertz CT molecular complexity index is 912. The molecular formula is C19H19N3O5. The van der Waals surface area contributed by atoms with E-state index in [-0.39, 0.29) is 28.9 Å². The van der Waals surface area contributed by atoms with Crippen LogP contribution in [0.25, 0.3) is 0 Å². The number of amides is 1. The molecule has 0 aromatic heterocycles. The van der Waals surface area contributed by atoms with E-state index in [9.17, 15) is 19.7 Å². The van der Waals surface area contributed by atoms with E-state index in [0.717, 1.165) is 23.7 Å². The Morgan fingerprint density at radius 1 is 1.30 bits per heavy atom. The lowest BCUT2D eigenvalue weighted by Gasteiger charge is -2.22. The maximum Gasteiger partial charge on any atom is 0.338 e. The van der Waals surface area contributed by atoms with Gasteiger partial charge in [0.2, 0.25) is 0 Å². The second kappa shape index (κ2) is 7.45. The van der Waals surface area contributed by atoms with Gasteiger partial charge >= 0.3 is 5.97 Å². The molecule has 0 spiro atoms. The number of rotatable bonds is 5. The van der Waals surface area contributed by atoms with Crippen LogP contribution in [0.4, 0.5) is 17.1 Å². The topological polar surface area (TPSA) is 102 Å². The van der Waals surface area contributed by atoms with Crippen molar-refractivity contribution in [1.29, 1.82) is 0 Å². The zero-order chi connectivity index (χ0) is 19.6. The molecule has 0 aliphatic carbocycles. The van der Waals surface area contributed by atoms with Gasteiger partial charge in [-0.25, -0.2) is 4.79 Å². The largest absolute Gasteiger partial charge is 0.452 e. The summed E-state index contributed by atoms with van der Waals surface area (Å²) in [6, 6.07) is 11.5. The van der Waals surface area contributed by atoms with Crippen LogP contribution in [0, 0.1) is 10.1 Å². The molecule has 1 atom stereocenters. The smallest absolute Gasteiger partial charge is 0.338 e. The van der Waals surface area contributed by atoms with Crippen molar-refractivity contribution in [3.8, 4) is 0 Å². The van der Waals surface area contributed by atoms with Gasteiger partial charge in [-0.1, -0.05) is 18.2 Å². The van der Waals surface area contributed by atoms with Crippen molar-refractivity contribution in [3.05, 3.63) is 63.7 Å². The fourth-order valence-electron chi connectivity index (χ4n) is 3.25. The van der Waals surface area contributed by atoms with Crippen molar-refractivity contribution in [2.24, 2.45) is 0 Å². The number of nitro benzene ring substituents is 1. The normalized spacial score (nSPS) is 15.2. The summed E-state index contributed by atoms with van der Waals surface area (Å²) in [6.07, 6.45) is 0.744. The number of para-hydroxylation sites is 1. The summed E-state index contributed by atoms with van der Waals surface area (Å²) in [5, 5.41) is 13.8. The second-order valence-corrected chi connectivity index (χ2v) is 6.26. The van der Waals surface area contributed by atoms with E-state index in [2.05, 4.69) is 5.32 Å². The Balaban J connectivity index is 1.70. The molecule has 0 saturated carbocycles. The molecule has 1 amide bonds. The predicted octanol–water partition coefficient (Wildman–Crippen LogP) is 2.77. The molecule has 1 aliphatic rings. The van der Waals surface area contributed by atoms with Crippen LogP contribution >= 0.6 is 0 Å². The summed E-state index contributed by atoms with van der Waals surface area (Å²) >= 11 is 0. The standard InChI is InChI=1S/C19H19N3O5/c1-12-9-13-5-3-4-6-16(13)21(12)18(23)11-27-19(24)14-7-8-15(20-2)17(10-14)22(25)26/h3-8,10,12,20H,9,11H2,1-2H3/t12-/m0/s1. The van der Waals surface area contributed by atoms with Crippen LogP contribution in [-0.2, 0) is 16.0 Å². The summed E-state index contributed by atoms with van der Waals surface area (Å²) in [5.41, 5.74) is 1.96. The minimum absolute atomic E-state index is 0.0170. The van der Waals surface area contributed by atoms with Gasteiger partial charge in [0, 0.05) is 24.8 Å². The molecule has 1 aliphatic heterocycles. The molecule has 0 unspecified atom stereocenters. The molecule has 27 heavy (non-hydrogen) atoms.